The zero-order valence-electron chi connectivity index (χ0n) is 16.9. The van der Waals surface area contributed by atoms with E-state index in [-0.39, 0.29) is 5.78 Å². The number of aliphatic hydroxyl groups excluding tert-OH is 1. The molecule has 0 aromatic heterocycles. The normalized spacial score (nSPS) is 13.0. The van der Waals surface area contributed by atoms with Crippen LogP contribution in [0.3, 0.4) is 0 Å². The van der Waals surface area contributed by atoms with Gasteiger partial charge in [-0.2, -0.15) is 0 Å². The lowest BCUT2D eigenvalue weighted by atomic mass is 10.0. The van der Waals surface area contributed by atoms with Crippen molar-refractivity contribution in [1.82, 2.24) is 0 Å². The monoisotopic (exact) mass is 384 g/mol. The van der Waals surface area contributed by atoms with E-state index in [4.69, 9.17) is 4.74 Å². The number of rotatable bonds is 7. The van der Waals surface area contributed by atoms with Gasteiger partial charge in [0.15, 0.2) is 11.4 Å². The van der Waals surface area contributed by atoms with Gasteiger partial charge in [-0.1, -0.05) is 24.3 Å². The SMILES string of the molecule is CSc1ccc(C(O)/C=C/c2cc(C)c(OC(C)(C)C(C)=O)c(C)c2)cc1. The zero-order chi connectivity index (χ0) is 20.2. The second-order valence-corrected chi connectivity index (χ2v) is 8.11. The Morgan fingerprint density at radius 2 is 1.70 bits per heavy atom. The van der Waals surface area contributed by atoms with Crippen molar-refractivity contribution < 1.29 is 14.6 Å². The average Bonchev–Trinajstić information content (AvgIpc) is 2.62. The quantitative estimate of drug-likeness (QED) is 0.639. The third-order valence-corrected chi connectivity index (χ3v) is 5.36. The smallest absolute Gasteiger partial charge is 0.172 e. The predicted octanol–water partition coefficient (Wildman–Crippen LogP) is 5.52. The van der Waals surface area contributed by atoms with Crippen LogP contribution < -0.4 is 4.74 Å². The Hall–Kier alpha value is -2.04. The molecule has 0 radical (unpaired) electrons. The summed E-state index contributed by atoms with van der Waals surface area (Å²) in [6.45, 7) is 9.03. The molecule has 0 saturated heterocycles. The van der Waals surface area contributed by atoms with Gasteiger partial charge in [0.2, 0.25) is 0 Å². The molecule has 144 valence electrons. The number of hydrogen-bond acceptors (Lipinski definition) is 4. The molecule has 2 rings (SSSR count). The second-order valence-electron chi connectivity index (χ2n) is 7.23. The Balaban J connectivity index is 2.19. The van der Waals surface area contributed by atoms with E-state index in [1.807, 2.05) is 62.6 Å². The van der Waals surface area contributed by atoms with Crippen molar-refractivity contribution in [2.24, 2.45) is 0 Å². The van der Waals surface area contributed by atoms with Crippen molar-refractivity contribution in [3.63, 3.8) is 0 Å². The summed E-state index contributed by atoms with van der Waals surface area (Å²) in [5.41, 5.74) is 2.91. The molecule has 0 amide bonds. The topological polar surface area (TPSA) is 46.5 Å². The molecule has 27 heavy (non-hydrogen) atoms. The molecule has 1 unspecified atom stereocenters. The molecule has 0 bridgehead atoms. The summed E-state index contributed by atoms with van der Waals surface area (Å²) in [6, 6.07) is 11.9. The summed E-state index contributed by atoms with van der Waals surface area (Å²) >= 11 is 1.68. The van der Waals surface area contributed by atoms with Gasteiger partial charge in [0, 0.05) is 4.90 Å². The minimum Gasteiger partial charge on any atom is -0.480 e. The third kappa shape index (κ3) is 5.47. The fraction of sp³-hybridized carbons (Fsp3) is 0.348. The minimum absolute atomic E-state index is 0.0131. The average molecular weight is 385 g/mol. The van der Waals surface area contributed by atoms with Crippen LogP contribution in [0.1, 0.15) is 49.1 Å². The summed E-state index contributed by atoms with van der Waals surface area (Å²) in [4.78, 5) is 12.9. The Labute approximate surface area is 166 Å². The number of Topliss-reactive ketones (excluding diaryl/α,β-unsaturated/α-hetero) is 1. The van der Waals surface area contributed by atoms with Gasteiger partial charge < -0.3 is 9.84 Å². The van der Waals surface area contributed by atoms with E-state index < -0.39 is 11.7 Å². The number of thioether (sulfide) groups is 1. The molecule has 0 saturated carbocycles. The van der Waals surface area contributed by atoms with Crippen LogP contribution in [-0.4, -0.2) is 22.7 Å². The molecule has 1 N–H and O–H groups in total. The van der Waals surface area contributed by atoms with Crippen LogP contribution >= 0.6 is 11.8 Å². The highest BCUT2D eigenvalue weighted by molar-refractivity contribution is 7.98. The predicted molar refractivity (Wildman–Crippen MR) is 114 cm³/mol. The number of carbonyl (C=O) groups excluding carboxylic acids is 1. The van der Waals surface area contributed by atoms with Crippen LogP contribution in [0, 0.1) is 13.8 Å². The number of hydrogen-bond donors (Lipinski definition) is 1. The molecule has 3 nitrogen and oxygen atoms in total. The van der Waals surface area contributed by atoms with Gasteiger partial charge in [0.1, 0.15) is 5.75 Å². The summed E-state index contributed by atoms with van der Waals surface area (Å²) in [5.74, 6) is 0.724. The zero-order valence-corrected chi connectivity index (χ0v) is 17.7. The first-order chi connectivity index (χ1) is 12.6. The van der Waals surface area contributed by atoms with Crippen molar-refractivity contribution in [1.29, 1.82) is 0 Å². The van der Waals surface area contributed by atoms with E-state index in [1.54, 1.807) is 31.7 Å². The summed E-state index contributed by atoms with van der Waals surface area (Å²) in [6.07, 6.45) is 5.06. The van der Waals surface area contributed by atoms with Gasteiger partial charge >= 0.3 is 0 Å². The maximum Gasteiger partial charge on any atom is 0.172 e. The molecule has 4 heteroatoms. The van der Waals surface area contributed by atoms with Crippen molar-refractivity contribution in [2.75, 3.05) is 6.26 Å². The van der Waals surface area contributed by atoms with Crippen LogP contribution in [-0.2, 0) is 4.79 Å². The van der Waals surface area contributed by atoms with Crippen molar-refractivity contribution >= 4 is 23.6 Å². The van der Waals surface area contributed by atoms with Gasteiger partial charge in [0.05, 0.1) is 6.10 Å². The molecule has 0 aliphatic heterocycles. The highest BCUT2D eigenvalue weighted by Crippen LogP contribution is 2.30. The molecule has 0 aliphatic carbocycles. The van der Waals surface area contributed by atoms with E-state index in [9.17, 15) is 9.90 Å². The first-order valence-electron chi connectivity index (χ1n) is 8.95. The van der Waals surface area contributed by atoms with E-state index in [2.05, 4.69) is 0 Å². The van der Waals surface area contributed by atoms with Gasteiger partial charge in [0.25, 0.3) is 0 Å². The highest BCUT2D eigenvalue weighted by atomic mass is 32.2. The lowest BCUT2D eigenvalue weighted by Gasteiger charge is -2.26. The lowest BCUT2D eigenvalue weighted by Crippen LogP contribution is -2.36. The van der Waals surface area contributed by atoms with Gasteiger partial charge in [-0.05, 0) is 87.4 Å². The molecule has 0 heterocycles. The number of ether oxygens (including phenoxy) is 1. The number of ketones is 1. The Morgan fingerprint density at radius 3 is 2.19 bits per heavy atom. The molecule has 1 atom stereocenters. The fourth-order valence-electron chi connectivity index (χ4n) is 2.68. The third-order valence-electron chi connectivity index (χ3n) is 4.62. The Kier molecular flexibility index (Phi) is 6.90. The molecule has 0 fully saturated rings. The molecular formula is C23H28O3S. The van der Waals surface area contributed by atoms with E-state index in [1.165, 1.54) is 11.8 Å². The van der Waals surface area contributed by atoms with E-state index in [0.717, 1.165) is 28.0 Å². The fourth-order valence-corrected chi connectivity index (χ4v) is 3.09. The van der Waals surface area contributed by atoms with Crippen LogP contribution in [0.5, 0.6) is 5.75 Å². The van der Waals surface area contributed by atoms with Crippen LogP contribution in [0.4, 0.5) is 0 Å². The number of aliphatic hydroxyl groups is 1. The summed E-state index contributed by atoms with van der Waals surface area (Å²) in [5, 5.41) is 10.4. The number of benzene rings is 2. The molecule has 0 spiro atoms. The first kappa shape index (κ1) is 21.3. The van der Waals surface area contributed by atoms with Crippen molar-refractivity contribution in [2.45, 2.75) is 51.2 Å². The highest BCUT2D eigenvalue weighted by Gasteiger charge is 2.27. The maximum absolute atomic E-state index is 11.7. The first-order valence-corrected chi connectivity index (χ1v) is 10.2. The van der Waals surface area contributed by atoms with Crippen LogP contribution in [0.25, 0.3) is 6.08 Å². The molecule has 2 aromatic rings. The summed E-state index contributed by atoms with van der Waals surface area (Å²) < 4.78 is 5.97. The maximum atomic E-state index is 11.7. The Bertz CT molecular complexity index is 812. The second kappa shape index (κ2) is 8.77. The van der Waals surface area contributed by atoms with Crippen LogP contribution in [0.15, 0.2) is 47.4 Å². The van der Waals surface area contributed by atoms with E-state index >= 15 is 0 Å². The van der Waals surface area contributed by atoms with Gasteiger partial charge in [-0.3, -0.25) is 4.79 Å². The summed E-state index contributed by atoms with van der Waals surface area (Å²) in [7, 11) is 0. The standard InChI is InChI=1S/C23H28O3S/c1-15-13-18(14-16(2)22(15)26-23(4,5)17(3)24)7-12-21(25)19-8-10-20(27-6)11-9-19/h7-14,21,25H,1-6H3/b12-7+. The number of aryl methyl sites for hydroxylation is 2. The Morgan fingerprint density at radius 1 is 1.15 bits per heavy atom. The molecule has 0 aliphatic rings. The molecular weight excluding hydrogens is 356 g/mol. The minimum atomic E-state index is -0.855. The molecule has 2 aromatic carbocycles. The number of carbonyl (C=O) groups is 1. The van der Waals surface area contributed by atoms with Crippen LogP contribution in [0.2, 0.25) is 0 Å². The van der Waals surface area contributed by atoms with Gasteiger partial charge in [-0.25, -0.2) is 0 Å². The van der Waals surface area contributed by atoms with Gasteiger partial charge in [-0.15, -0.1) is 11.8 Å². The lowest BCUT2D eigenvalue weighted by molar-refractivity contribution is -0.129. The van der Waals surface area contributed by atoms with Crippen molar-refractivity contribution in [3.8, 4) is 5.75 Å². The van der Waals surface area contributed by atoms with Crippen molar-refractivity contribution in [3.05, 3.63) is 64.7 Å². The van der Waals surface area contributed by atoms with E-state index in [0.29, 0.717) is 0 Å². The largest absolute Gasteiger partial charge is 0.480 e.